The normalized spacial score (nSPS) is 11.9. The number of sulfonamides is 1. The summed E-state index contributed by atoms with van der Waals surface area (Å²) in [7, 11) is -3.72. The topological polar surface area (TPSA) is 179 Å². The average Bonchev–Trinajstić information content (AvgIpc) is 2.90. The molecule has 3 aromatic carbocycles. The van der Waals surface area contributed by atoms with Gasteiger partial charge in [0, 0.05) is 12.1 Å². The lowest BCUT2D eigenvalue weighted by molar-refractivity contribution is -0.122. The van der Waals surface area contributed by atoms with Crippen molar-refractivity contribution in [1.29, 1.82) is 0 Å². The first-order valence-electron chi connectivity index (χ1n) is 11.8. The molecule has 0 saturated carbocycles. The molecule has 0 heterocycles. The molecule has 0 spiro atoms. The van der Waals surface area contributed by atoms with Crippen LogP contribution < -0.4 is 10.5 Å². The molecule has 3 rings (SSSR count). The van der Waals surface area contributed by atoms with Crippen LogP contribution in [0.2, 0.25) is 0 Å². The molecule has 0 aliphatic carbocycles. The Bertz CT molecular complexity index is 1270. The fourth-order valence-electron chi connectivity index (χ4n) is 3.66. The molecule has 0 unspecified atom stereocenters. The zero-order valence-electron chi connectivity index (χ0n) is 20.9. The Hall–Kier alpha value is -3.32. The minimum Gasteiger partial charge on any atom is -0.508 e. The number of primary sulfonamides is 1. The molecule has 206 valence electrons. The van der Waals surface area contributed by atoms with E-state index >= 15 is 0 Å². The third kappa shape index (κ3) is 10.6. The molecule has 1 atom stereocenters. The fourth-order valence-corrected chi connectivity index (χ4v) is 4.25. The van der Waals surface area contributed by atoms with E-state index in [1.165, 1.54) is 12.1 Å². The van der Waals surface area contributed by atoms with Gasteiger partial charge < -0.3 is 30.5 Å². The monoisotopic (exact) mass is 546 g/mol. The lowest BCUT2D eigenvalue weighted by Crippen LogP contribution is -2.23. The van der Waals surface area contributed by atoms with Gasteiger partial charge in [-0.2, -0.15) is 0 Å². The average molecular weight is 547 g/mol. The maximum atomic E-state index is 11.5. The summed E-state index contributed by atoms with van der Waals surface area (Å²) in [6.45, 7) is 1.39. The number of phenols is 1. The lowest BCUT2D eigenvalue weighted by atomic mass is 10.0. The van der Waals surface area contributed by atoms with E-state index < -0.39 is 16.1 Å². The Kier molecular flexibility index (Phi) is 12.9. The number of aromatic hydroxyl groups is 1. The first-order chi connectivity index (χ1) is 18.2. The van der Waals surface area contributed by atoms with Crippen molar-refractivity contribution in [2.24, 2.45) is 5.14 Å². The van der Waals surface area contributed by atoms with Crippen LogP contribution in [0.4, 0.5) is 0 Å². The van der Waals surface area contributed by atoms with Gasteiger partial charge in [0.15, 0.2) is 0 Å². The van der Waals surface area contributed by atoms with Gasteiger partial charge in [-0.05, 0) is 65.9 Å². The number of nitrogens with one attached hydrogen (secondary N) is 1. The van der Waals surface area contributed by atoms with E-state index in [2.05, 4.69) is 11.4 Å². The van der Waals surface area contributed by atoms with Crippen LogP contribution in [0.15, 0.2) is 71.6 Å². The highest BCUT2D eigenvalue weighted by Crippen LogP contribution is 2.22. The van der Waals surface area contributed by atoms with Crippen molar-refractivity contribution in [3.8, 4) is 5.75 Å². The molecule has 11 heteroatoms. The third-order valence-corrected chi connectivity index (χ3v) is 6.52. The van der Waals surface area contributed by atoms with Gasteiger partial charge in [-0.3, -0.25) is 4.79 Å². The molecule has 0 bridgehead atoms. The minimum absolute atomic E-state index is 0.0107. The van der Waals surface area contributed by atoms with Gasteiger partial charge in [0.05, 0.1) is 30.8 Å². The molecule has 0 amide bonds. The van der Waals surface area contributed by atoms with E-state index in [1.807, 2.05) is 24.3 Å². The van der Waals surface area contributed by atoms with Crippen LogP contribution in [0.1, 0.15) is 33.9 Å². The van der Waals surface area contributed by atoms with Crippen LogP contribution in [0.5, 0.6) is 5.75 Å². The molecule has 0 fully saturated rings. The molecule has 0 saturated heterocycles. The van der Waals surface area contributed by atoms with E-state index in [-0.39, 0.29) is 23.7 Å². The summed E-state index contributed by atoms with van der Waals surface area (Å²) in [5.41, 5.74) is 4.05. The molecule has 0 aliphatic heterocycles. The molecule has 7 N–H and O–H groups in total. The van der Waals surface area contributed by atoms with Gasteiger partial charge in [0.2, 0.25) is 10.0 Å². The standard InChI is InChI=1S/C26H32N2O6S.CH2O2/c27-35(32,33)24-6-2-4-20(14-24)10-12-34-18-21-5-1-3-19(13-21)9-11-28-16-26(31)22-7-8-25(30)23(15-22)17-29;2-1-3/h1-8,13-15,26,28-31H,9-12,16-18H2,(H2,27,32,33);1H,(H,2,3)/t26-;/m0./s1. The highest BCUT2D eigenvalue weighted by molar-refractivity contribution is 7.89. The summed E-state index contributed by atoms with van der Waals surface area (Å²) < 4.78 is 28.7. The second-order valence-corrected chi connectivity index (χ2v) is 10.00. The van der Waals surface area contributed by atoms with Crippen LogP contribution in [0.25, 0.3) is 0 Å². The highest BCUT2D eigenvalue weighted by Gasteiger charge is 2.10. The van der Waals surface area contributed by atoms with Crippen LogP contribution in [-0.2, 0) is 45.6 Å². The number of rotatable bonds is 13. The van der Waals surface area contributed by atoms with Crippen molar-refractivity contribution in [2.45, 2.75) is 37.1 Å². The minimum atomic E-state index is -3.72. The fraction of sp³-hybridized carbons (Fsp3) is 0.296. The van der Waals surface area contributed by atoms with E-state index in [4.69, 9.17) is 19.8 Å². The molecule has 0 aromatic heterocycles. The van der Waals surface area contributed by atoms with Crippen molar-refractivity contribution >= 4 is 16.5 Å². The maximum absolute atomic E-state index is 11.5. The summed E-state index contributed by atoms with van der Waals surface area (Å²) in [6, 6.07) is 19.3. The van der Waals surface area contributed by atoms with Crippen LogP contribution in [-0.4, -0.2) is 55.0 Å². The van der Waals surface area contributed by atoms with E-state index in [9.17, 15) is 23.7 Å². The first-order valence-corrected chi connectivity index (χ1v) is 13.4. The van der Waals surface area contributed by atoms with E-state index in [0.717, 1.165) is 23.1 Å². The predicted octanol–water partition coefficient (Wildman–Crippen LogP) is 1.86. The van der Waals surface area contributed by atoms with E-state index in [0.29, 0.717) is 43.9 Å². The van der Waals surface area contributed by atoms with Gasteiger partial charge in [-0.25, -0.2) is 13.6 Å². The summed E-state index contributed by atoms with van der Waals surface area (Å²) in [4.78, 5) is 8.46. The predicted molar refractivity (Wildman–Crippen MR) is 142 cm³/mol. The Labute approximate surface area is 222 Å². The summed E-state index contributed by atoms with van der Waals surface area (Å²) in [6.07, 6.45) is 0.611. The van der Waals surface area contributed by atoms with Crippen molar-refractivity contribution in [2.75, 3.05) is 19.7 Å². The van der Waals surface area contributed by atoms with Crippen molar-refractivity contribution in [3.63, 3.8) is 0 Å². The van der Waals surface area contributed by atoms with Crippen molar-refractivity contribution in [3.05, 3.63) is 94.5 Å². The van der Waals surface area contributed by atoms with Gasteiger partial charge in [-0.1, -0.05) is 42.5 Å². The Balaban J connectivity index is 0.00000161. The summed E-state index contributed by atoms with van der Waals surface area (Å²) in [5, 5.41) is 44.6. The quantitative estimate of drug-likeness (QED) is 0.138. The SMILES string of the molecule is NS(=O)(=O)c1cccc(CCOCc2cccc(CCNC[C@H](O)c3ccc(O)c(CO)c3)c2)c1.O=CO. The number of ether oxygens (including phenoxy) is 1. The largest absolute Gasteiger partial charge is 0.508 e. The van der Waals surface area contributed by atoms with Crippen LogP contribution >= 0.6 is 0 Å². The number of nitrogens with two attached hydrogens (primary N) is 1. The molecule has 0 radical (unpaired) electrons. The number of aliphatic hydroxyl groups excluding tert-OH is 2. The Morgan fingerprint density at radius 1 is 0.974 bits per heavy atom. The van der Waals surface area contributed by atoms with Gasteiger partial charge in [-0.15, -0.1) is 0 Å². The van der Waals surface area contributed by atoms with Crippen LogP contribution in [0, 0.1) is 0 Å². The number of carbonyl (C=O) groups is 1. The zero-order valence-corrected chi connectivity index (χ0v) is 21.7. The summed E-state index contributed by atoms with van der Waals surface area (Å²) in [5.74, 6) is 0.0107. The number of aliphatic hydroxyl groups is 2. The first kappa shape index (κ1) is 30.9. The zero-order chi connectivity index (χ0) is 28.0. The number of hydrogen-bond acceptors (Lipinski definition) is 8. The molecular formula is C27H34N2O8S. The second kappa shape index (κ2) is 15.8. The van der Waals surface area contributed by atoms with Gasteiger partial charge in [0.25, 0.3) is 6.47 Å². The van der Waals surface area contributed by atoms with E-state index in [1.54, 1.807) is 24.3 Å². The highest BCUT2D eigenvalue weighted by atomic mass is 32.2. The number of carboxylic acid groups (broad SMARTS) is 1. The Morgan fingerprint density at radius 2 is 1.63 bits per heavy atom. The van der Waals surface area contributed by atoms with Crippen LogP contribution in [0.3, 0.4) is 0 Å². The van der Waals surface area contributed by atoms with Crippen molar-refractivity contribution < 1.29 is 38.4 Å². The lowest BCUT2D eigenvalue weighted by Gasteiger charge is -2.14. The maximum Gasteiger partial charge on any atom is 0.290 e. The molecular weight excluding hydrogens is 512 g/mol. The molecule has 38 heavy (non-hydrogen) atoms. The van der Waals surface area contributed by atoms with Gasteiger partial charge >= 0.3 is 0 Å². The van der Waals surface area contributed by atoms with Crippen molar-refractivity contribution in [1.82, 2.24) is 5.32 Å². The molecule has 0 aliphatic rings. The smallest absolute Gasteiger partial charge is 0.290 e. The number of hydrogen-bond donors (Lipinski definition) is 6. The molecule has 10 nitrogen and oxygen atoms in total. The molecule has 3 aromatic rings. The number of benzene rings is 3. The van der Waals surface area contributed by atoms with Gasteiger partial charge in [0.1, 0.15) is 5.75 Å². The second-order valence-electron chi connectivity index (χ2n) is 8.44. The Morgan fingerprint density at radius 3 is 2.32 bits per heavy atom. The summed E-state index contributed by atoms with van der Waals surface area (Å²) >= 11 is 0. The third-order valence-electron chi connectivity index (χ3n) is 5.61.